The number of likely N-dealkylation sites (tertiary alicyclic amines) is 1. The first-order valence-corrected chi connectivity index (χ1v) is 15.0. The Morgan fingerprint density at radius 1 is 1.11 bits per heavy atom. The topological polar surface area (TPSA) is 162 Å². The number of amides is 1. The van der Waals surface area contributed by atoms with Gasteiger partial charge in [-0.15, -0.1) is 0 Å². The Balaban J connectivity index is 1.58. The molecule has 1 saturated carbocycles. The highest BCUT2D eigenvalue weighted by molar-refractivity contribution is 6.31. The van der Waals surface area contributed by atoms with Crippen LogP contribution in [0.2, 0.25) is 10.0 Å². The second-order valence-corrected chi connectivity index (χ2v) is 12.4. The van der Waals surface area contributed by atoms with Gasteiger partial charge in [0, 0.05) is 45.8 Å². The lowest BCUT2D eigenvalue weighted by atomic mass is 9.73. The molecule has 3 aliphatic rings. The number of esters is 1. The van der Waals surface area contributed by atoms with Gasteiger partial charge < -0.3 is 10.1 Å². The van der Waals surface area contributed by atoms with Crippen molar-refractivity contribution in [2.75, 3.05) is 19.0 Å². The molecule has 1 spiro atoms. The van der Waals surface area contributed by atoms with Crippen LogP contribution >= 0.6 is 23.2 Å². The summed E-state index contributed by atoms with van der Waals surface area (Å²) in [5, 5.41) is 27.8. The highest BCUT2D eigenvalue weighted by Crippen LogP contribution is 2.59. The summed E-state index contributed by atoms with van der Waals surface area (Å²) in [6, 6.07) is 8.62. The third-order valence-electron chi connectivity index (χ3n) is 9.05. The summed E-state index contributed by atoms with van der Waals surface area (Å²) in [4.78, 5) is 65.8. The van der Waals surface area contributed by atoms with Gasteiger partial charge in [0.15, 0.2) is 5.78 Å². The Morgan fingerprint density at radius 2 is 1.85 bits per heavy atom. The molecule has 2 fully saturated rings. The molecular formula is C31H25Cl2FN4O8. The van der Waals surface area contributed by atoms with Gasteiger partial charge in [-0.25, -0.2) is 9.18 Å². The van der Waals surface area contributed by atoms with E-state index in [0.717, 1.165) is 38.2 Å². The monoisotopic (exact) mass is 670 g/mol. The van der Waals surface area contributed by atoms with E-state index in [-0.39, 0.29) is 39.3 Å². The Hall–Kier alpha value is -4.46. The number of methoxy groups -OCH3 is 1. The predicted molar refractivity (Wildman–Crippen MR) is 163 cm³/mol. The normalized spacial score (nSPS) is 23.7. The van der Waals surface area contributed by atoms with Crippen molar-refractivity contribution < 1.29 is 33.4 Å². The summed E-state index contributed by atoms with van der Waals surface area (Å²) < 4.78 is 20.6. The number of halogens is 3. The van der Waals surface area contributed by atoms with Crippen LogP contribution in [0.5, 0.6) is 0 Å². The molecule has 1 N–H and O–H groups in total. The molecule has 238 valence electrons. The maximum absolute atomic E-state index is 15.9. The zero-order valence-electron chi connectivity index (χ0n) is 24.1. The van der Waals surface area contributed by atoms with Gasteiger partial charge in [0.05, 0.1) is 40.1 Å². The minimum absolute atomic E-state index is 0.0194. The number of carbonyl (C=O) groups excluding carboxylic acids is 3. The molecule has 3 aromatic rings. The fourth-order valence-electron chi connectivity index (χ4n) is 6.96. The van der Waals surface area contributed by atoms with Crippen LogP contribution < -0.4 is 5.32 Å². The number of hydrogen-bond acceptors (Lipinski definition) is 9. The van der Waals surface area contributed by atoms with E-state index in [9.17, 15) is 34.6 Å². The lowest BCUT2D eigenvalue weighted by Gasteiger charge is -2.38. The van der Waals surface area contributed by atoms with Crippen molar-refractivity contribution in [3.8, 4) is 0 Å². The SMILES string of the molecule is COC(=O)c1ccc([N+](=O)[O-])c(C(=O)C[C@H]2C([N+](=O)[O-])[C@H](c3cccc(Cl)c3F)[C@]3(C(=O)Nc4cc(Cl)ccc43)N2CC2CC2)c1. The molecule has 2 aliphatic heterocycles. The van der Waals surface area contributed by atoms with Crippen LogP contribution in [0.3, 0.4) is 0 Å². The van der Waals surface area contributed by atoms with Gasteiger partial charge in [-0.3, -0.25) is 34.7 Å². The molecule has 4 atom stereocenters. The standard InChI is InChI=1S/C31H25Cl2FN4O8/c1-46-29(40)16-7-10-23(37(42)43)19(11-16)25(39)13-24-28(38(44)45)26(18-3-2-4-21(33)27(18)34)31(36(24)14-15-5-6-15)20-9-8-17(32)12-22(20)35-30(31)41/h2-4,7-12,15,24,26,28H,5-6,13-14H2,1H3,(H,35,41)/t24-,26-,28?,31+/m0/s1. The van der Waals surface area contributed by atoms with Crippen molar-refractivity contribution in [2.24, 2.45) is 5.92 Å². The second kappa shape index (κ2) is 11.7. The fourth-order valence-corrected chi connectivity index (χ4v) is 7.32. The van der Waals surface area contributed by atoms with Gasteiger partial charge in [0.25, 0.3) is 11.6 Å². The van der Waals surface area contributed by atoms with Crippen LogP contribution in [-0.2, 0) is 15.1 Å². The van der Waals surface area contributed by atoms with Crippen molar-refractivity contribution >= 4 is 52.2 Å². The molecule has 2 heterocycles. The zero-order chi connectivity index (χ0) is 33.1. The average Bonchev–Trinajstić information content (AvgIpc) is 3.74. The van der Waals surface area contributed by atoms with Crippen LogP contribution in [0.25, 0.3) is 0 Å². The summed E-state index contributed by atoms with van der Waals surface area (Å²) in [5.74, 6) is -4.82. The fraction of sp³-hybridized carbons (Fsp3) is 0.323. The summed E-state index contributed by atoms with van der Waals surface area (Å²) in [5.41, 5.74) is -2.70. The first-order valence-electron chi connectivity index (χ1n) is 14.3. The number of fused-ring (bicyclic) bond motifs is 2. The van der Waals surface area contributed by atoms with Crippen molar-refractivity contribution in [3.05, 3.63) is 113 Å². The number of carbonyl (C=O) groups is 3. The number of hydrogen-bond donors (Lipinski definition) is 1. The van der Waals surface area contributed by atoms with E-state index in [0.29, 0.717) is 5.56 Å². The van der Waals surface area contributed by atoms with Crippen LogP contribution in [0.4, 0.5) is 15.8 Å². The van der Waals surface area contributed by atoms with Crippen LogP contribution in [0, 0.1) is 32.0 Å². The Kier molecular flexibility index (Phi) is 8.03. The quantitative estimate of drug-likeness (QED) is 0.129. The number of ether oxygens (including phenoxy) is 1. The lowest BCUT2D eigenvalue weighted by Crippen LogP contribution is -2.53. The molecule has 1 unspecified atom stereocenters. The van der Waals surface area contributed by atoms with Crippen molar-refractivity contribution in [1.29, 1.82) is 0 Å². The van der Waals surface area contributed by atoms with Gasteiger partial charge >= 0.3 is 5.97 Å². The van der Waals surface area contributed by atoms with E-state index in [1.54, 1.807) is 11.0 Å². The molecule has 15 heteroatoms. The van der Waals surface area contributed by atoms with Gasteiger partial charge in [0.1, 0.15) is 11.4 Å². The van der Waals surface area contributed by atoms with E-state index in [2.05, 4.69) is 5.32 Å². The number of nitrogens with zero attached hydrogens (tertiary/aromatic N) is 3. The summed E-state index contributed by atoms with van der Waals surface area (Å²) in [6.45, 7) is 0.140. The smallest absolute Gasteiger partial charge is 0.337 e. The van der Waals surface area contributed by atoms with E-state index < -0.39 is 74.5 Å². The highest BCUT2D eigenvalue weighted by Gasteiger charge is 2.71. The third kappa shape index (κ3) is 4.99. The minimum atomic E-state index is -1.88. The van der Waals surface area contributed by atoms with Crippen molar-refractivity contribution in [1.82, 2.24) is 4.90 Å². The molecule has 6 rings (SSSR count). The number of anilines is 1. The Labute approximate surface area is 270 Å². The predicted octanol–water partition coefficient (Wildman–Crippen LogP) is 5.77. The first-order chi connectivity index (χ1) is 21.9. The number of nitro benzene ring substituents is 1. The lowest BCUT2D eigenvalue weighted by molar-refractivity contribution is -0.528. The maximum Gasteiger partial charge on any atom is 0.337 e. The Bertz CT molecular complexity index is 1840. The van der Waals surface area contributed by atoms with Gasteiger partial charge in [-0.2, -0.15) is 0 Å². The number of nitrogens with one attached hydrogen (secondary N) is 1. The second-order valence-electron chi connectivity index (χ2n) is 11.6. The molecule has 0 radical (unpaired) electrons. The molecule has 12 nitrogen and oxygen atoms in total. The van der Waals surface area contributed by atoms with Crippen LogP contribution in [0.1, 0.15) is 57.0 Å². The third-order valence-corrected chi connectivity index (χ3v) is 9.57. The summed E-state index contributed by atoms with van der Waals surface area (Å²) in [6.07, 6.45) is 0.850. The number of Topliss-reactive ketones (excluding diaryl/α,β-unsaturated/α-hetero) is 1. The van der Waals surface area contributed by atoms with Crippen molar-refractivity contribution in [2.45, 2.75) is 42.8 Å². The molecule has 1 amide bonds. The van der Waals surface area contributed by atoms with Gasteiger partial charge in [-0.05, 0) is 49.1 Å². The molecule has 1 saturated heterocycles. The molecular weight excluding hydrogens is 646 g/mol. The largest absolute Gasteiger partial charge is 0.465 e. The first kappa shape index (κ1) is 31.5. The van der Waals surface area contributed by atoms with E-state index in [4.69, 9.17) is 27.9 Å². The number of rotatable bonds is 9. The maximum atomic E-state index is 15.9. The molecule has 46 heavy (non-hydrogen) atoms. The molecule has 1 aliphatic carbocycles. The minimum Gasteiger partial charge on any atom is -0.465 e. The van der Waals surface area contributed by atoms with E-state index in [1.807, 2.05) is 0 Å². The highest BCUT2D eigenvalue weighted by atomic mass is 35.5. The average molecular weight is 671 g/mol. The van der Waals surface area contributed by atoms with E-state index in [1.165, 1.54) is 30.3 Å². The van der Waals surface area contributed by atoms with Crippen LogP contribution in [0.15, 0.2) is 54.6 Å². The van der Waals surface area contributed by atoms with E-state index >= 15 is 4.39 Å². The number of nitro groups is 2. The number of benzene rings is 3. The molecule has 0 aromatic heterocycles. The zero-order valence-corrected chi connectivity index (χ0v) is 25.6. The van der Waals surface area contributed by atoms with Crippen LogP contribution in [-0.4, -0.2) is 58.1 Å². The Morgan fingerprint density at radius 3 is 2.50 bits per heavy atom. The molecule has 3 aromatic carbocycles. The van der Waals surface area contributed by atoms with Crippen molar-refractivity contribution in [3.63, 3.8) is 0 Å². The summed E-state index contributed by atoms with van der Waals surface area (Å²) >= 11 is 12.4. The van der Waals surface area contributed by atoms with Gasteiger partial charge in [0.2, 0.25) is 6.04 Å². The number of ketones is 1. The molecule has 0 bridgehead atoms. The van der Waals surface area contributed by atoms with Gasteiger partial charge in [-0.1, -0.05) is 41.4 Å². The summed E-state index contributed by atoms with van der Waals surface area (Å²) in [7, 11) is 1.10.